The van der Waals surface area contributed by atoms with E-state index < -0.39 is 28.7 Å². The van der Waals surface area contributed by atoms with Crippen LogP contribution in [0.15, 0.2) is 121 Å². The summed E-state index contributed by atoms with van der Waals surface area (Å²) >= 11 is 1.81. The number of para-hydroxylation sites is 2. The van der Waals surface area contributed by atoms with Gasteiger partial charge in [-0.15, -0.1) is 11.3 Å². The van der Waals surface area contributed by atoms with Crippen LogP contribution in [-0.4, -0.2) is 40.1 Å². The van der Waals surface area contributed by atoms with Gasteiger partial charge in [-0.25, -0.2) is 9.97 Å². The Hall–Kier alpha value is -6.84. The summed E-state index contributed by atoms with van der Waals surface area (Å²) in [4.78, 5) is 9.65. The topological polar surface area (TPSA) is 132 Å². The molecule has 0 atom stereocenters. The SMILES string of the molecule is Oc1c(O)c(O)c(-c2nc(-c3cccc(-n4c5ccccc5c5c6sc7ccccc7c6c6ccccc6c54)c3)nc3ccccc23)c(O)c1O. The summed E-state index contributed by atoms with van der Waals surface area (Å²) in [5.74, 6) is -4.34. The molecule has 0 fully saturated rings. The third-order valence-corrected chi connectivity index (χ3v) is 10.9. The molecule has 8 nitrogen and oxygen atoms in total. The Kier molecular flexibility index (Phi) is 6.04. The van der Waals surface area contributed by atoms with Crippen LogP contribution in [0.2, 0.25) is 0 Å². The molecule has 3 aromatic heterocycles. The van der Waals surface area contributed by atoms with E-state index in [2.05, 4.69) is 77.4 Å². The number of phenols is 5. The van der Waals surface area contributed by atoms with Crippen molar-refractivity contribution in [3.8, 4) is 57.1 Å². The number of rotatable bonds is 3. The molecule has 10 aromatic rings. The number of thiophene rings is 1. The van der Waals surface area contributed by atoms with E-state index in [1.165, 1.54) is 30.9 Å². The molecule has 0 radical (unpaired) electrons. The zero-order chi connectivity index (χ0) is 34.5. The summed E-state index contributed by atoms with van der Waals surface area (Å²) in [6.07, 6.45) is 0. The van der Waals surface area contributed by atoms with Crippen LogP contribution in [0.3, 0.4) is 0 Å². The number of phenolic OH excluding ortho intramolecular Hbond substituents is 5. The van der Waals surface area contributed by atoms with Gasteiger partial charge in [0.1, 0.15) is 0 Å². The summed E-state index contributed by atoms with van der Waals surface area (Å²) in [5.41, 5.74) is 3.91. The van der Waals surface area contributed by atoms with Gasteiger partial charge in [-0.2, -0.15) is 0 Å². The number of nitrogens with zero attached hydrogens (tertiary/aromatic N) is 3. The van der Waals surface area contributed by atoms with Crippen molar-refractivity contribution in [1.82, 2.24) is 14.5 Å². The van der Waals surface area contributed by atoms with Crippen molar-refractivity contribution in [3.63, 3.8) is 0 Å². The minimum absolute atomic E-state index is 0.0663. The smallest absolute Gasteiger partial charge is 0.208 e. The van der Waals surface area contributed by atoms with Crippen molar-refractivity contribution < 1.29 is 25.5 Å². The fourth-order valence-corrected chi connectivity index (χ4v) is 8.76. The molecule has 10 rings (SSSR count). The second-order valence-corrected chi connectivity index (χ2v) is 13.6. The van der Waals surface area contributed by atoms with Gasteiger partial charge >= 0.3 is 0 Å². The van der Waals surface area contributed by atoms with E-state index in [1.54, 1.807) is 18.2 Å². The first kappa shape index (κ1) is 29.1. The van der Waals surface area contributed by atoms with Gasteiger partial charge in [0.2, 0.25) is 17.2 Å². The van der Waals surface area contributed by atoms with Crippen molar-refractivity contribution in [2.75, 3.05) is 0 Å². The van der Waals surface area contributed by atoms with Crippen LogP contribution in [0.5, 0.6) is 28.7 Å². The normalized spacial score (nSPS) is 11.9. The molecule has 7 aromatic carbocycles. The number of hydrogen-bond acceptors (Lipinski definition) is 8. The first-order chi connectivity index (χ1) is 24.9. The highest BCUT2D eigenvalue weighted by molar-refractivity contribution is 7.27. The molecule has 0 spiro atoms. The van der Waals surface area contributed by atoms with Crippen molar-refractivity contribution in [2.45, 2.75) is 0 Å². The molecule has 0 unspecified atom stereocenters. The van der Waals surface area contributed by atoms with Crippen molar-refractivity contribution in [2.24, 2.45) is 0 Å². The predicted molar refractivity (Wildman–Crippen MR) is 203 cm³/mol. The molecule has 0 aliphatic carbocycles. The second-order valence-electron chi connectivity index (χ2n) is 12.5. The van der Waals surface area contributed by atoms with Crippen LogP contribution in [-0.2, 0) is 0 Å². The molecular formula is C42H25N3O5S. The molecule has 9 heteroatoms. The van der Waals surface area contributed by atoms with Gasteiger partial charge in [0.25, 0.3) is 0 Å². The lowest BCUT2D eigenvalue weighted by atomic mass is 9.99. The summed E-state index contributed by atoms with van der Waals surface area (Å²) < 4.78 is 4.76. The van der Waals surface area contributed by atoms with E-state index in [-0.39, 0.29) is 17.1 Å². The Labute approximate surface area is 292 Å². The van der Waals surface area contributed by atoms with E-state index in [4.69, 9.17) is 9.97 Å². The Balaban J connectivity index is 1.28. The highest BCUT2D eigenvalue weighted by atomic mass is 32.1. The Morgan fingerprint density at radius 1 is 0.510 bits per heavy atom. The Morgan fingerprint density at radius 3 is 1.92 bits per heavy atom. The monoisotopic (exact) mass is 683 g/mol. The molecule has 0 saturated carbocycles. The number of aromatic hydroxyl groups is 5. The van der Waals surface area contributed by atoms with E-state index >= 15 is 0 Å². The Bertz CT molecular complexity index is 3080. The molecule has 0 saturated heterocycles. The van der Waals surface area contributed by atoms with Crippen molar-refractivity contribution in [1.29, 1.82) is 0 Å². The molecule has 3 heterocycles. The van der Waals surface area contributed by atoms with E-state index in [9.17, 15) is 25.5 Å². The number of fused-ring (bicyclic) bond motifs is 11. The number of aromatic nitrogens is 3. The standard InChI is InChI=1S/C42H25N3O5S/c46-36-33(37(47)39(49)40(50)38(36)48)34-25-14-3-6-17-28(25)43-42(44-34)21-10-9-11-22(20-21)45-29-18-7-4-15-26(29)32-35(45)24-13-2-1-12-23(24)31-27-16-5-8-19-30(27)51-41(31)32/h1-20,46-50H. The lowest BCUT2D eigenvalue weighted by Crippen LogP contribution is -1.98. The van der Waals surface area contributed by atoms with Crippen LogP contribution in [0, 0.1) is 0 Å². The number of benzene rings is 7. The summed E-state index contributed by atoms with van der Waals surface area (Å²) in [6.45, 7) is 0. The second kappa shape index (κ2) is 10.6. The third kappa shape index (κ3) is 4.00. The molecule has 0 amide bonds. The zero-order valence-corrected chi connectivity index (χ0v) is 27.3. The van der Waals surface area contributed by atoms with Gasteiger partial charge in [-0.1, -0.05) is 91.0 Å². The highest BCUT2D eigenvalue weighted by Gasteiger charge is 2.27. The maximum absolute atomic E-state index is 10.9. The minimum Gasteiger partial charge on any atom is -0.504 e. The largest absolute Gasteiger partial charge is 0.504 e. The molecule has 0 aliphatic heterocycles. The zero-order valence-electron chi connectivity index (χ0n) is 26.5. The lowest BCUT2D eigenvalue weighted by molar-refractivity contribution is 0.330. The summed E-state index contributed by atoms with van der Waals surface area (Å²) in [6, 6.07) is 40.5. The average molecular weight is 684 g/mol. The maximum Gasteiger partial charge on any atom is 0.208 e. The van der Waals surface area contributed by atoms with Crippen LogP contribution >= 0.6 is 11.3 Å². The molecule has 51 heavy (non-hydrogen) atoms. The van der Waals surface area contributed by atoms with Crippen LogP contribution in [0.4, 0.5) is 0 Å². The van der Waals surface area contributed by atoms with Crippen LogP contribution in [0.1, 0.15) is 0 Å². The van der Waals surface area contributed by atoms with Gasteiger partial charge in [0.15, 0.2) is 17.3 Å². The molecular weight excluding hydrogens is 659 g/mol. The maximum atomic E-state index is 10.9. The third-order valence-electron chi connectivity index (χ3n) is 9.72. The predicted octanol–water partition coefficient (Wildman–Crippen LogP) is 10.1. The van der Waals surface area contributed by atoms with Gasteiger partial charge in [-0.3, -0.25) is 0 Å². The first-order valence-corrected chi connectivity index (χ1v) is 17.0. The van der Waals surface area contributed by atoms with Crippen molar-refractivity contribution in [3.05, 3.63) is 121 Å². The first-order valence-electron chi connectivity index (χ1n) is 16.2. The van der Waals surface area contributed by atoms with Gasteiger partial charge < -0.3 is 30.1 Å². The lowest BCUT2D eigenvalue weighted by Gasteiger charge is -2.15. The fourth-order valence-electron chi connectivity index (χ4n) is 7.48. The fraction of sp³-hybridized carbons (Fsp3) is 0. The van der Waals surface area contributed by atoms with E-state index in [0.29, 0.717) is 16.5 Å². The van der Waals surface area contributed by atoms with Gasteiger partial charge in [-0.05, 0) is 35.7 Å². The highest BCUT2D eigenvalue weighted by Crippen LogP contribution is 2.55. The van der Waals surface area contributed by atoms with Gasteiger partial charge in [0.05, 0.1) is 27.8 Å². The summed E-state index contributed by atoms with van der Waals surface area (Å²) in [5, 5.41) is 60.2. The summed E-state index contributed by atoms with van der Waals surface area (Å²) in [7, 11) is 0. The average Bonchev–Trinajstić information content (AvgIpc) is 3.73. The molecule has 0 bridgehead atoms. The van der Waals surface area contributed by atoms with E-state index in [0.717, 1.165) is 27.5 Å². The number of hydrogen-bond donors (Lipinski definition) is 5. The Morgan fingerprint density at radius 2 is 1.14 bits per heavy atom. The molecule has 5 N–H and O–H groups in total. The van der Waals surface area contributed by atoms with Gasteiger partial charge in [0, 0.05) is 53.0 Å². The molecule has 244 valence electrons. The molecule has 0 aliphatic rings. The minimum atomic E-state index is -1.04. The van der Waals surface area contributed by atoms with E-state index in [1.807, 2.05) is 41.7 Å². The van der Waals surface area contributed by atoms with Crippen LogP contribution in [0.25, 0.3) is 92.0 Å². The van der Waals surface area contributed by atoms with Crippen LogP contribution < -0.4 is 0 Å². The van der Waals surface area contributed by atoms with Crippen molar-refractivity contribution >= 4 is 75.0 Å². The quantitative estimate of drug-likeness (QED) is 0.0925.